The highest BCUT2D eigenvalue weighted by atomic mass is 16.4. The first-order valence-corrected chi connectivity index (χ1v) is 5.71. The Morgan fingerprint density at radius 1 is 1.60 bits per heavy atom. The van der Waals surface area contributed by atoms with Crippen LogP contribution in [-0.4, -0.2) is 35.6 Å². The molecular formula is C12H21NO2. The van der Waals surface area contributed by atoms with Gasteiger partial charge in [-0.05, 0) is 26.3 Å². The van der Waals surface area contributed by atoms with Crippen LogP contribution in [0.2, 0.25) is 0 Å². The number of carbonyl (C=O) groups is 1. The Balaban J connectivity index is 2.59. The van der Waals surface area contributed by atoms with Gasteiger partial charge in [-0.1, -0.05) is 25.5 Å². The fourth-order valence-corrected chi connectivity index (χ4v) is 2.33. The number of allylic oxidation sites excluding steroid dienone is 1. The molecule has 1 rings (SSSR count). The smallest absolute Gasteiger partial charge is 0.310 e. The highest BCUT2D eigenvalue weighted by Gasteiger charge is 2.43. The summed E-state index contributed by atoms with van der Waals surface area (Å²) in [5, 5.41) is 9.29. The van der Waals surface area contributed by atoms with Crippen molar-refractivity contribution in [3.63, 3.8) is 0 Å². The van der Waals surface area contributed by atoms with Crippen molar-refractivity contribution >= 4 is 5.97 Å². The van der Waals surface area contributed by atoms with Gasteiger partial charge in [0.15, 0.2) is 0 Å². The lowest BCUT2D eigenvalue weighted by molar-refractivity contribution is -0.148. The van der Waals surface area contributed by atoms with Crippen LogP contribution >= 0.6 is 0 Å². The van der Waals surface area contributed by atoms with Crippen LogP contribution in [-0.2, 0) is 4.79 Å². The Kier molecular flexibility index (Phi) is 4.33. The molecule has 0 aliphatic carbocycles. The summed E-state index contributed by atoms with van der Waals surface area (Å²) in [7, 11) is 0. The first-order chi connectivity index (χ1) is 7.14. The molecule has 1 heterocycles. The normalized spacial score (nSPS) is 27.6. The van der Waals surface area contributed by atoms with Crippen molar-refractivity contribution in [3.05, 3.63) is 12.2 Å². The van der Waals surface area contributed by atoms with Crippen LogP contribution in [0.4, 0.5) is 0 Å². The van der Waals surface area contributed by atoms with Gasteiger partial charge in [-0.25, -0.2) is 0 Å². The van der Waals surface area contributed by atoms with Crippen LogP contribution in [0, 0.1) is 5.41 Å². The zero-order chi connectivity index (χ0) is 11.3. The molecule has 3 nitrogen and oxygen atoms in total. The van der Waals surface area contributed by atoms with E-state index in [1.807, 2.05) is 13.0 Å². The number of nitrogens with zero attached hydrogens (tertiary/aromatic N) is 1. The van der Waals surface area contributed by atoms with Crippen molar-refractivity contribution in [2.75, 3.05) is 19.6 Å². The molecular weight excluding hydrogens is 190 g/mol. The second-order valence-electron chi connectivity index (χ2n) is 4.39. The predicted molar refractivity (Wildman–Crippen MR) is 60.8 cm³/mol. The Labute approximate surface area is 91.8 Å². The van der Waals surface area contributed by atoms with Crippen LogP contribution < -0.4 is 0 Å². The third-order valence-electron chi connectivity index (χ3n) is 3.21. The number of aliphatic carboxylic acids is 1. The maximum Gasteiger partial charge on any atom is 0.310 e. The summed E-state index contributed by atoms with van der Waals surface area (Å²) in [5.74, 6) is -0.618. The van der Waals surface area contributed by atoms with Crippen molar-refractivity contribution in [2.45, 2.75) is 33.1 Å². The molecule has 0 aromatic heterocycles. The molecule has 1 aliphatic rings. The quantitative estimate of drug-likeness (QED) is 0.708. The molecule has 1 unspecified atom stereocenters. The molecule has 0 amide bonds. The largest absolute Gasteiger partial charge is 0.481 e. The summed E-state index contributed by atoms with van der Waals surface area (Å²) < 4.78 is 0. The fourth-order valence-electron chi connectivity index (χ4n) is 2.33. The Morgan fingerprint density at radius 3 is 2.87 bits per heavy atom. The highest BCUT2D eigenvalue weighted by molar-refractivity contribution is 5.75. The standard InChI is InChI=1S/C12H21NO2/c1-3-5-8-13-9-7-12(10-13,6-4-2)11(14)15/h3,5H,4,6-10H2,1-2H3,(H,14,15). The van der Waals surface area contributed by atoms with Gasteiger partial charge in [0, 0.05) is 13.1 Å². The van der Waals surface area contributed by atoms with Crippen LogP contribution in [0.15, 0.2) is 12.2 Å². The van der Waals surface area contributed by atoms with Crippen LogP contribution in [0.1, 0.15) is 33.1 Å². The zero-order valence-corrected chi connectivity index (χ0v) is 9.70. The van der Waals surface area contributed by atoms with Crippen molar-refractivity contribution in [1.29, 1.82) is 0 Å². The minimum absolute atomic E-state index is 0.476. The lowest BCUT2D eigenvalue weighted by atomic mass is 9.83. The summed E-state index contributed by atoms with van der Waals surface area (Å²) >= 11 is 0. The highest BCUT2D eigenvalue weighted by Crippen LogP contribution is 2.35. The summed E-state index contributed by atoms with van der Waals surface area (Å²) in [5.41, 5.74) is -0.476. The van der Waals surface area contributed by atoms with Gasteiger partial charge in [-0.3, -0.25) is 9.69 Å². The van der Waals surface area contributed by atoms with Crippen LogP contribution in [0.5, 0.6) is 0 Å². The van der Waals surface area contributed by atoms with Gasteiger partial charge in [0.1, 0.15) is 0 Å². The first-order valence-electron chi connectivity index (χ1n) is 5.71. The molecule has 0 spiro atoms. The first kappa shape index (κ1) is 12.2. The van der Waals surface area contributed by atoms with Crippen molar-refractivity contribution in [1.82, 2.24) is 4.90 Å². The fraction of sp³-hybridized carbons (Fsp3) is 0.750. The Hall–Kier alpha value is -0.830. The van der Waals surface area contributed by atoms with E-state index in [9.17, 15) is 9.90 Å². The lowest BCUT2D eigenvalue weighted by Crippen LogP contribution is -2.34. The van der Waals surface area contributed by atoms with E-state index in [0.717, 1.165) is 32.4 Å². The monoisotopic (exact) mass is 211 g/mol. The molecule has 0 aromatic carbocycles. The molecule has 86 valence electrons. The van der Waals surface area contributed by atoms with E-state index in [1.165, 1.54) is 0 Å². The SMILES string of the molecule is CC=CCN1CCC(CCC)(C(=O)O)C1. The molecule has 3 heteroatoms. The number of carboxylic acid groups (broad SMARTS) is 1. The second kappa shape index (κ2) is 5.31. The molecule has 1 saturated heterocycles. The summed E-state index contributed by atoms with van der Waals surface area (Å²) in [6.07, 6.45) is 6.65. The summed E-state index contributed by atoms with van der Waals surface area (Å²) in [6.45, 7) is 6.55. The summed E-state index contributed by atoms with van der Waals surface area (Å²) in [4.78, 5) is 13.5. The third kappa shape index (κ3) is 2.81. The van der Waals surface area contributed by atoms with E-state index in [2.05, 4.69) is 17.9 Å². The number of likely N-dealkylation sites (tertiary alicyclic amines) is 1. The predicted octanol–water partition coefficient (Wildman–Crippen LogP) is 2.14. The summed E-state index contributed by atoms with van der Waals surface area (Å²) in [6, 6.07) is 0. The van der Waals surface area contributed by atoms with Gasteiger partial charge in [0.2, 0.25) is 0 Å². The van der Waals surface area contributed by atoms with Crippen LogP contribution in [0.25, 0.3) is 0 Å². The molecule has 0 radical (unpaired) electrons. The van der Waals surface area contributed by atoms with Gasteiger partial charge in [0.25, 0.3) is 0 Å². The Morgan fingerprint density at radius 2 is 2.33 bits per heavy atom. The second-order valence-corrected chi connectivity index (χ2v) is 4.39. The number of hydrogen-bond donors (Lipinski definition) is 1. The van der Waals surface area contributed by atoms with E-state index in [0.29, 0.717) is 6.54 Å². The average molecular weight is 211 g/mol. The van der Waals surface area contributed by atoms with Crippen molar-refractivity contribution in [2.24, 2.45) is 5.41 Å². The lowest BCUT2D eigenvalue weighted by Gasteiger charge is -2.23. The molecule has 15 heavy (non-hydrogen) atoms. The van der Waals surface area contributed by atoms with Gasteiger partial charge >= 0.3 is 5.97 Å². The van der Waals surface area contributed by atoms with Crippen molar-refractivity contribution < 1.29 is 9.90 Å². The van der Waals surface area contributed by atoms with Crippen LogP contribution in [0.3, 0.4) is 0 Å². The van der Waals surface area contributed by atoms with Gasteiger partial charge in [0.05, 0.1) is 5.41 Å². The maximum absolute atomic E-state index is 11.3. The Bertz CT molecular complexity index is 250. The van der Waals surface area contributed by atoms with E-state index in [-0.39, 0.29) is 0 Å². The third-order valence-corrected chi connectivity index (χ3v) is 3.21. The van der Waals surface area contributed by atoms with Crippen molar-refractivity contribution in [3.8, 4) is 0 Å². The van der Waals surface area contributed by atoms with Gasteiger partial charge in [-0.2, -0.15) is 0 Å². The van der Waals surface area contributed by atoms with E-state index >= 15 is 0 Å². The molecule has 0 aromatic rings. The van der Waals surface area contributed by atoms with E-state index in [4.69, 9.17) is 0 Å². The number of hydrogen-bond acceptors (Lipinski definition) is 2. The van der Waals surface area contributed by atoms with E-state index < -0.39 is 11.4 Å². The molecule has 1 fully saturated rings. The number of rotatable bonds is 5. The number of carboxylic acids is 1. The minimum Gasteiger partial charge on any atom is -0.481 e. The minimum atomic E-state index is -0.618. The van der Waals surface area contributed by atoms with E-state index in [1.54, 1.807) is 0 Å². The maximum atomic E-state index is 11.3. The molecule has 0 saturated carbocycles. The topological polar surface area (TPSA) is 40.5 Å². The zero-order valence-electron chi connectivity index (χ0n) is 9.70. The average Bonchev–Trinajstić information content (AvgIpc) is 2.60. The molecule has 1 aliphatic heterocycles. The molecule has 1 atom stereocenters. The van der Waals surface area contributed by atoms with Gasteiger partial charge in [-0.15, -0.1) is 0 Å². The molecule has 1 N–H and O–H groups in total. The van der Waals surface area contributed by atoms with Gasteiger partial charge < -0.3 is 5.11 Å². The molecule has 0 bridgehead atoms.